The van der Waals surface area contributed by atoms with Gasteiger partial charge in [0.15, 0.2) is 18.4 Å². The lowest BCUT2D eigenvalue weighted by Gasteiger charge is -2.48. The fourth-order valence-corrected chi connectivity index (χ4v) is 5.05. The number of carbonyl (C=O) groups is 1. The quantitative estimate of drug-likeness (QED) is 0.311. The van der Waals surface area contributed by atoms with Gasteiger partial charge in [-0.3, -0.25) is 4.79 Å². The van der Waals surface area contributed by atoms with Crippen LogP contribution in [0.5, 0.6) is 5.75 Å². The Bertz CT molecular complexity index is 1300. The van der Waals surface area contributed by atoms with Crippen LogP contribution in [0.2, 0.25) is 0 Å². The van der Waals surface area contributed by atoms with Gasteiger partial charge in [0.2, 0.25) is 0 Å². The van der Waals surface area contributed by atoms with Crippen LogP contribution in [0.4, 0.5) is 8.78 Å². The molecule has 1 aliphatic heterocycles. The number of ether oxygens (including phenoxy) is 2. The van der Waals surface area contributed by atoms with Gasteiger partial charge < -0.3 is 19.7 Å². The van der Waals surface area contributed by atoms with Crippen LogP contribution in [-0.4, -0.2) is 31.3 Å². The molecule has 0 aliphatic carbocycles. The van der Waals surface area contributed by atoms with E-state index < -0.39 is 11.5 Å². The molecule has 4 rings (SSSR count). The van der Waals surface area contributed by atoms with Gasteiger partial charge in [0.1, 0.15) is 11.5 Å². The Morgan fingerprint density at radius 1 is 0.895 bits per heavy atom. The van der Waals surface area contributed by atoms with E-state index in [1.807, 2.05) is 32.0 Å². The summed E-state index contributed by atoms with van der Waals surface area (Å²) in [6.45, 7) is 3.86. The predicted octanol–water partition coefficient (Wildman–Crippen LogP) is 6.09. The minimum atomic E-state index is -1.15. The van der Waals surface area contributed by atoms with Crippen molar-refractivity contribution in [3.05, 3.63) is 112 Å². The van der Waals surface area contributed by atoms with Gasteiger partial charge in [0, 0.05) is 30.5 Å². The third kappa shape index (κ3) is 5.73. The Labute approximate surface area is 223 Å². The van der Waals surface area contributed by atoms with Crippen molar-refractivity contribution in [1.29, 1.82) is 0 Å². The van der Waals surface area contributed by atoms with Crippen molar-refractivity contribution in [3.63, 3.8) is 0 Å². The molecule has 3 aromatic rings. The van der Waals surface area contributed by atoms with E-state index >= 15 is 4.39 Å². The molecule has 200 valence electrons. The second-order valence-electron chi connectivity index (χ2n) is 9.46. The summed E-state index contributed by atoms with van der Waals surface area (Å²) in [5.74, 6) is -1.03. The molecule has 0 saturated heterocycles. The summed E-state index contributed by atoms with van der Waals surface area (Å²) in [5.41, 5.74) is 2.45. The largest absolute Gasteiger partial charge is 0.464 e. The average Bonchev–Trinajstić information content (AvgIpc) is 2.92. The monoisotopic (exact) mass is 520 g/mol. The maximum Gasteiger partial charge on any atom is 0.253 e. The van der Waals surface area contributed by atoms with Crippen LogP contribution in [0, 0.1) is 11.6 Å². The van der Waals surface area contributed by atoms with Crippen molar-refractivity contribution in [2.24, 2.45) is 0 Å². The second kappa shape index (κ2) is 12.2. The van der Waals surface area contributed by atoms with E-state index in [-0.39, 0.29) is 30.8 Å². The van der Waals surface area contributed by atoms with Crippen molar-refractivity contribution < 1.29 is 23.0 Å². The van der Waals surface area contributed by atoms with Crippen LogP contribution in [0.1, 0.15) is 43.4 Å². The molecule has 0 aromatic heterocycles. The summed E-state index contributed by atoms with van der Waals surface area (Å²) in [6.07, 6.45) is 2.18. The molecular weight excluding hydrogens is 486 g/mol. The Hall–Kier alpha value is -3.71. The lowest BCUT2D eigenvalue weighted by atomic mass is 9.90. The fraction of sp³-hybridized carbons (Fsp3) is 0.323. The minimum absolute atomic E-state index is 0.00963. The van der Waals surface area contributed by atoms with Crippen LogP contribution in [0.3, 0.4) is 0 Å². The number of nitrogens with one attached hydrogen (secondary N) is 1. The minimum Gasteiger partial charge on any atom is -0.464 e. The van der Waals surface area contributed by atoms with Gasteiger partial charge in [-0.15, -0.1) is 0 Å². The third-order valence-electron chi connectivity index (χ3n) is 7.04. The number of halogens is 2. The number of para-hydroxylation sites is 1. The highest BCUT2D eigenvalue weighted by Gasteiger charge is 2.45. The Morgan fingerprint density at radius 2 is 1.61 bits per heavy atom. The molecule has 1 heterocycles. The van der Waals surface area contributed by atoms with E-state index in [0.29, 0.717) is 36.0 Å². The first-order chi connectivity index (χ1) is 18.4. The zero-order valence-electron chi connectivity index (χ0n) is 22.1. The van der Waals surface area contributed by atoms with Crippen LogP contribution >= 0.6 is 0 Å². The van der Waals surface area contributed by atoms with Gasteiger partial charge in [0.25, 0.3) is 5.91 Å². The molecule has 3 aromatic carbocycles. The van der Waals surface area contributed by atoms with Crippen molar-refractivity contribution in [2.75, 3.05) is 20.4 Å². The summed E-state index contributed by atoms with van der Waals surface area (Å²) < 4.78 is 40.2. The number of benzene rings is 3. The first-order valence-corrected chi connectivity index (χ1v) is 12.9. The van der Waals surface area contributed by atoms with E-state index in [0.717, 1.165) is 17.7 Å². The van der Waals surface area contributed by atoms with Crippen LogP contribution in [-0.2, 0) is 28.0 Å². The molecule has 5 nitrogen and oxygen atoms in total. The van der Waals surface area contributed by atoms with Crippen LogP contribution in [0.25, 0.3) is 0 Å². The molecule has 7 heteroatoms. The van der Waals surface area contributed by atoms with E-state index in [4.69, 9.17) is 9.47 Å². The van der Waals surface area contributed by atoms with Crippen LogP contribution < -0.4 is 10.1 Å². The predicted molar refractivity (Wildman–Crippen MR) is 143 cm³/mol. The number of amides is 1. The number of hydrogen-bond acceptors (Lipinski definition) is 4. The highest BCUT2D eigenvalue weighted by atomic mass is 19.1. The number of carbonyl (C=O) groups excluding carboxylic acids is 1. The molecular formula is C31H34F2N2O3. The zero-order valence-corrected chi connectivity index (χ0v) is 22.1. The van der Waals surface area contributed by atoms with E-state index in [1.54, 1.807) is 35.2 Å². The molecule has 1 aliphatic rings. The normalized spacial score (nSPS) is 17.5. The Kier molecular flexibility index (Phi) is 8.79. The lowest BCUT2D eigenvalue weighted by Crippen LogP contribution is -2.60. The maximum absolute atomic E-state index is 15.1. The second-order valence-corrected chi connectivity index (χ2v) is 9.46. The number of hydrogen-bond donors (Lipinski definition) is 1. The topological polar surface area (TPSA) is 50.8 Å². The smallest absolute Gasteiger partial charge is 0.253 e. The SMILES string of the molecule is CCC1=C(CCc2ccccc2)NC(C)(c2cccc(F)c2OCOC)N(CCc2ccccc2F)C1=O. The van der Waals surface area contributed by atoms with Crippen molar-refractivity contribution in [1.82, 2.24) is 10.2 Å². The van der Waals surface area contributed by atoms with Gasteiger partial charge in [-0.25, -0.2) is 8.78 Å². The molecule has 0 saturated carbocycles. The average molecular weight is 521 g/mol. The number of allylic oxidation sites excluding steroid dienone is 1. The third-order valence-corrected chi connectivity index (χ3v) is 7.04. The Balaban J connectivity index is 1.76. The lowest BCUT2D eigenvalue weighted by molar-refractivity contribution is -0.136. The summed E-state index contributed by atoms with van der Waals surface area (Å²) in [4.78, 5) is 15.7. The van der Waals surface area contributed by atoms with Crippen molar-refractivity contribution in [3.8, 4) is 5.75 Å². The fourth-order valence-electron chi connectivity index (χ4n) is 5.05. The standard InChI is InChI=1S/C31H34F2N2O3/c1-4-24-28(18-17-22-11-6-5-7-12-22)34-31(2,25-14-10-16-27(33)29(25)38-21-37-3)35(30(24)36)20-19-23-13-8-9-15-26(23)32/h5-16,34H,4,17-21H2,1-3H3. The van der Waals surface area contributed by atoms with E-state index in [9.17, 15) is 9.18 Å². The molecule has 1 unspecified atom stereocenters. The van der Waals surface area contributed by atoms with Gasteiger partial charge in [-0.2, -0.15) is 0 Å². The van der Waals surface area contributed by atoms with Gasteiger partial charge in [0.05, 0.1) is 0 Å². The van der Waals surface area contributed by atoms with Crippen molar-refractivity contribution in [2.45, 2.75) is 45.2 Å². The number of rotatable bonds is 11. The number of aryl methyl sites for hydroxylation is 1. The molecule has 1 amide bonds. The molecule has 0 spiro atoms. The molecule has 0 fully saturated rings. The molecule has 38 heavy (non-hydrogen) atoms. The molecule has 0 bridgehead atoms. The molecule has 1 atom stereocenters. The van der Waals surface area contributed by atoms with E-state index in [1.165, 1.54) is 19.2 Å². The highest BCUT2D eigenvalue weighted by molar-refractivity contribution is 5.96. The number of methoxy groups -OCH3 is 1. The zero-order chi connectivity index (χ0) is 27.1. The van der Waals surface area contributed by atoms with Gasteiger partial charge in [-0.05, 0) is 55.9 Å². The first-order valence-electron chi connectivity index (χ1n) is 12.9. The maximum atomic E-state index is 15.1. The summed E-state index contributed by atoms with van der Waals surface area (Å²) in [7, 11) is 1.46. The first kappa shape index (κ1) is 27.3. The molecule has 1 N–H and O–H groups in total. The van der Waals surface area contributed by atoms with Crippen LogP contribution in [0.15, 0.2) is 84.1 Å². The van der Waals surface area contributed by atoms with E-state index in [2.05, 4.69) is 17.4 Å². The van der Waals surface area contributed by atoms with Gasteiger partial charge >= 0.3 is 0 Å². The summed E-state index contributed by atoms with van der Waals surface area (Å²) in [6, 6.07) is 21.3. The summed E-state index contributed by atoms with van der Waals surface area (Å²) in [5, 5.41) is 3.60. The van der Waals surface area contributed by atoms with Gasteiger partial charge in [-0.1, -0.05) is 67.6 Å². The summed E-state index contributed by atoms with van der Waals surface area (Å²) >= 11 is 0. The van der Waals surface area contributed by atoms with Crippen molar-refractivity contribution >= 4 is 5.91 Å². The number of nitrogens with zero attached hydrogens (tertiary/aromatic N) is 1. The molecule has 0 radical (unpaired) electrons. The Morgan fingerprint density at radius 3 is 2.32 bits per heavy atom. The highest BCUT2D eigenvalue weighted by Crippen LogP contribution is 2.40.